The molecule has 0 radical (unpaired) electrons. The van der Waals surface area contributed by atoms with Crippen molar-refractivity contribution in [2.24, 2.45) is 28.9 Å². The average Bonchev–Trinajstić information content (AvgIpc) is 2.96. The maximum atomic E-state index is 13.2. The predicted octanol–water partition coefficient (Wildman–Crippen LogP) is 1.79. The van der Waals surface area contributed by atoms with Gasteiger partial charge in [0.1, 0.15) is 6.04 Å². The Hall–Kier alpha value is -1.12. The Bertz CT molecular complexity index is 602. The third-order valence-electron chi connectivity index (χ3n) is 7.50. The van der Waals surface area contributed by atoms with Crippen molar-refractivity contribution in [3.05, 3.63) is 0 Å². The summed E-state index contributed by atoms with van der Waals surface area (Å²) in [4.78, 5) is 15.0. The lowest BCUT2D eigenvalue weighted by Crippen LogP contribution is -2.59. The van der Waals surface area contributed by atoms with Crippen LogP contribution < -0.4 is 5.73 Å². The van der Waals surface area contributed by atoms with E-state index in [-0.39, 0.29) is 23.4 Å². The predicted molar refractivity (Wildman–Crippen MR) is 89.5 cm³/mol. The molecule has 0 aromatic rings. The summed E-state index contributed by atoms with van der Waals surface area (Å²) in [7, 11) is 0. The van der Waals surface area contributed by atoms with E-state index in [1.165, 1.54) is 0 Å². The van der Waals surface area contributed by atoms with Crippen molar-refractivity contribution in [3.63, 3.8) is 0 Å². The van der Waals surface area contributed by atoms with E-state index in [0.717, 1.165) is 38.5 Å². The van der Waals surface area contributed by atoms with Gasteiger partial charge in [-0.15, -0.1) is 0 Å². The molecule has 3 unspecified atom stereocenters. The van der Waals surface area contributed by atoms with Crippen LogP contribution in [-0.2, 0) is 4.79 Å². The summed E-state index contributed by atoms with van der Waals surface area (Å²) in [6.45, 7) is 4.23. The number of nitrogens with zero attached hydrogens (tertiary/aromatic N) is 2. The van der Waals surface area contributed by atoms with Crippen LogP contribution in [0.4, 0.5) is 0 Å². The minimum absolute atomic E-state index is 0.0653. The standard InChI is InChI=1S/C19H29N3O2/c1-11-14-6-13(9-20)22(15(11)14)17(23)16(21)18(2)7-12-4-3-5-19(24,8-12)10-18/h11-16,24H,3-8,10,21H2,1-2H3/t11-,12?,13-,14+,15-,16+,18?,19?/m0/s1. The topological polar surface area (TPSA) is 90.4 Å². The molecular weight excluding hydrogens is 302 g/mol. The van der Waals surface area contributed by atoms with Gasteiger partial charge in [0.05, 0.1) is 17.7 Å². The lowest BCUT2D eigenvalue weighted by Gasteiger charge is -2.52. The SMILES string of the molecule is C[C@H]1[C@H]2C[C@@H](C#N)N(C(=O)[C@@H](N)C3(C)CC4CCCC(O)(C4)C3)[C@@H]12. The highest BCUT2D eigenvalue weighted by atomic mass is 16.3. The summed E-state index contributed by atoms with van der Waals surface area (Å²) in [5, 5.41) is 20.3. The first-order valence-corrected chi connectivity index (χ1v) is 9.48. The van der Waals surface area contributed by atoms with Crippen LogP contribution in [0.3, 0.4) is 0 Å². The van der Waals surface area contributed by atoms with E-state index < -0.39 is 11.6 Å². The van der Waals surface area contributed by atoms with Crippen LogP contribution in [0, 0.1) is 34.5 Å². The maximum absolute atomic E-state index is 13.2. The summed E-state index contributed by atoms with van der Waals surface area (Å²) in [5.41, 5.74) is 5.48. The third-order valence-corrected chi connectivity index (χ3v) is 7.50. The van der Waals surface area contributed by atoms with Crippen molar-refractivity contribution in [2.75, 3.05) is 0 Å². The van der Waals surface area contributed by atoms with Gasteiger partial charge in [0, 0.05) is 6.04 Å². The highest BCUT2D eigenvalue weighted by Crippen LogP contribution is 2.55. The van der Waals surface area contributed by atoms with Gasteiger partial charge in [0.25, 0.3) is 0 Å². The maximum Gasteiger partial charge on any atom is 0.241 e. The highest BCUT2D eigenvalue weighted by Gasteiger charge is 2.62. The number of hydrogen-bond donors (Lipinski definition) is 2. The van der Waals surface area contributed by atoms with Gasteiger partial charge in [0.15, 0.2) is 0 Å². The summed E-state index contributed by atoms with van der Waals surface area (Å²) in [6.07, 6.45) is 6.20. The normalized spacial score (nSPS) is 50.8. The summed E-state index contributed by atoms with van der Waals surface area (Å²) >= 11 is 0. The second-order valence-electron chi connectivity index (χ2n) is 9.34. The number of hydrogen-bond acceptors (Lipinski definition) is 4. The lowest BCUT2D eigenvalue weighted by atomic mass is 9.57. The minimum Gasteiger partial charge on any atom is -0.390 e. The molecule has 1 saturated heterocycles. The highest BCUT2D eigenvalue weighted by molar-refractivity contribution is 5.84. The molecule has 24 heavy (non-hydrogen) atoms. The number of nitrogens with two attached hydrogens (primary N) is 1. The van der Waals surface area contributed by atoms with E-state index in [1.54, 1.807) is 4.90 Å². The van der Waals surface area contributed by atoms with Crippen molar-refractivity contribution in [1.82, 2.24) is 4.90 Å². The van der Waals surface area contributed by atoms with Crippen LogP contribution in [0.25, 0.3) is 0 Å². The van der Waals surface area contributed by atoms with Crippen LogP contribution in [0.15, 0.2) is 0 Å². The molecule has 5 nitrogen and oxygen atoms in total. The fraction of sp³-hybridized carbons (Fsp3) is 0.895. The summed E-state index contributed by atoms with van der Waals surface area (Å²) in [6, 6.07) is 1.57. The smallest absolute Gasteiger partial charge is 0.241 e. The van der Waals surface area contributed by atoms with E-state index in [9.17, 15) is 15.2 Å². The van der Waals surface area contributed by atoms with Gasteiger partial charge in [-0.05, 0) is 55.3 Å². The molecule has 4 fully saturated rings. The van der Waals surface area contributed by atoms with Gasteiger partial charge in [-0.1, -0.05) is 26.7 Å². The molecule has 8 atom stereocenters. The van der Waals surface area contributed by atoms with Gasteiger partial charge < -0.3 is 15.7 Å². The van der Waals surface area contributed by atoms with Gasteiger partial charge in [-0.2, -0.15) is 5.26 Å². The fourth-order valence-corrected chi connectivity index (χ4v) is 6.31. The molecule has 132 valence electrons. The van der Waals surface area contributed by atoms with Crippen LogP contribution in [-0.4, -0.2) is 39.6 Å². The molecule has 0 aromatic heterocycles. The van der Waals surface area contributed by atoms with Crippen LogP contribution >= 0.6 is 0 Å². The number of amides is 1. The molecule has 3 saturated carbocycles. The average molecular weight is 331 g/mol. The molecule has 5 heteroatoms. The van der Waals surface area contributed by atoms with Crippen molar-refractivity contribution in [2.45, 2.75) is 82.5 Å². The van der Waals surface area contributed by atoms with E-state index in [1.807, 2.05) is 0 Å². The van der Waals surface area contributed by atoms with Crippen molar-refractivity contribution in [3.8, 4) is 6.07 Å². The van der Waals surface area contributed by atoms with Gasteiger partial charge in [-0.25, -0.2) is 0 Å². The second kappa shape index (κ2) is 5.19. The Kier molecular flexibility index (Phi) is 3.54. The molecule has 4 rings (SSSR count). The Morgan fingerprint density at radius 3 is 2.88 bits per heavy atom. The van der Waals surface area contributed by atoms with E-state index in [2.05, 4.69) is 19.9 Å². The molecule has 3 N–H and O–H groups in total. The molecule has 1 amide bonds. The molecule has 0 spiro atoms. The minimum atomic E-state index is -0.650. The Morgan fingerprint density at radius 2 is 2.21 bits per heavy atom. The van der Waals surface area contributed by atoms with Gasteiger partial charge in [-0.3, -0.25) is 4.79 Å². The Morgan fingerprint density at radius 1 is 1.46 bits per heavy atom. The summed E-state index contributed by atoms with van der Waals surface area (Å²) < 4.78 is 0. The van der Waals surface area contributed by atoms with Crippen LogP contribution in [0.1, 0.15) is 58.8 Å². The number of carbonyl (C=O) groups is 1. The number of rotatable bonds is 2. The molecule has 4 aliphatic rings. The number of piperidine rings is 1. The largest absolute Gasteiger partial charge is 0.390 e. The number of likely N-dealkylation sites (tertiary alicyclic amines) is 1. The molecule has 3 aliphatic carbocycles. The zero-order valence-corrected chi connectivity index (χ0v) is 14.7. The molecule has 1 aliphatic heterocycles. The van der Waals surface area contributed by atoms with Crippen molar-refractivity contribution < 1.29 is 9.90 Å². The quantitative estimate of drug-likeness (QED) is 0.807. The van der Waals surface area contributed by atoms with Crippen LogP contribution in [0.2, 0.25) is 0 Å². The number of carbonyl (C=O) groups excluding carboxylic acids is 1. The molecular formula is C19H29N3O2. The number of fused-ring (bicyclic) bond motifs is 3. The first kappa shape index (κ1) is 16.4. The molecule has 2 bridgehead atoms. The van der Waals surface area contributed by atoms with Gasteiger partial charge in [0.2, 0.25) is 5.91 Å². The zero-order chi connectivity index (χ0) is 17.3. The van der Waals surface area contributed by atoms with E-state index >= 15 is 0 Å². The number of aliphatic hydroxyl groups is 1. The monoisotopic (exact) mass is 331 g/mol. The van der Waals surface area contributed by atoms with Crippen molar-refractivity contribution in [1.29, 1.82) is 5.26 Å². The third kappa shape index (κ3) is 2.30. The zero-order valence-electron chi connectivity index (χ0n) is 14.7. The summed E-state index contributed by atoms with van der Waals surface area (Å²) in [5.74, 6) is 1.38. The lowest BCUT2D eigenvalue weighted by molar-refractivity contribution is -0.144. The fourth-order valence-electron chi connectivity index (χ4n) is 6.31. The first-order chi connectivity index (χ1) is 11.3. The Labute approximate surface area is 144 Å². The van der Waals surface area contributed by atoms with Gasteiger partial charge >= 0.3 is 0 Å². The van der Waals surface area contributed by atoms with Crippen molar-refractivity contribution >= 4 is 5.91 Å². The Balaban J connectivity index is 1.55. The second-order valence-corrected chi connectivity index (χ2v) is 9.34. The number of nitriles is 1. The van der Waals surface area contributed by atoms with Crippen LogP contribution in [0.5, 0.6) is 0 Å². The molecule has 1 heterocycles. The molecule has 0 aromatic carbocycles. The van der Waals surface area contributed by atoms with E-state index in [0.29, 0.717) is 24.2 Å². The van der Waals surface area contributed by atoms with E-state index in [4.69, 9.17) is 5.73 Å². The first-order valence-electron chi connectivity index (χ1n) is 9.48.